The lowest BCUT2D eigenvalue weighted by Crippen LogP contribution is -2.14. The van der Waals surface area contributed by atoms with Crippen molar-refractivity contribution in [1.29, 1.82) is 0 Å². The number of carboxylic acids is 1. The van der Waals surface area contributed by atoms with Crippen LogP contribution in [-0.2, 0) is 4.79 Å². The van der Waals surface area contributed by atoms with Gasteiger partial charge >= 0.3 is 5.97 Å². The van der Waals surface area contributed by atoms with Crippen LogP contribution in [0.15, 0.2) is 57.9 Å². The van der Waals surface area contributed by atoms with Crippen LogP contribution in [-0.4, -0.2) is 22.7 Å². The molecule has 2 rings (SSSR count). The largest absolute Gasteiger partial charge is 0.478 e. The Bertz CT molecular complexity index is 675. The molecule has 108 valence electrons. The molecule has 0 aliphatic carbocycles. The highest BCUT2D eigenvalue weighted by Gasteiger charge is 2.11. The van der Waals surface area contributed by atoms with Crippen molar-refractivity contribution in [2.75, 3.05) is 11.1 Å². The fourth-order valence-electron chi connectivity index (χ4n) is 1.68. The molecule has 0 radical (unpaired) electrons. The number of aromatic carboxylic acids is 1. The zero-order valence-electron chi connectivity index (χ0n) is 10.9. The van der Waals surface area contributed by atoms with E-state index in [0.29, 0.717) is 10.6 Å². The van der Waals surface area contributed by atoms with Crippen molar-refractivity contribution in [3.8, 4) is 0 Å². The Morgan fingerprint density at radius 2 is 1.90 bits per heavy atom. The van der Waals surface area contributed by atoms with Crippen LogP contribution in [0, 0.1) is 0 Å². The van der Waals surface area contributed by atoms with Gasteiger partial charge in [0.2, 0.25) is 5.91 Å². The molecular weight excluding hydrogens is 354 g/mol. The first-order valence-corrected chi connectivity index (χ1v) is 7.84. The summed E-state index contributed by atoms with van der Waals surface area (Å²) in [5.74, 6) is -1.03. The van der Waals surface area contributed by atoms with E-state index >= 15 is 0 Å². The number of amides is 1. The molecular formula is C15H12BrNO3S. The molecule has 0 unspecified atom stereocenters. The van der Waals surface area contributed by atoms with E-state index < -0.39 is 5.97 Å². The van der Waals surface area contributed by atoms with Crippen molar-refractivity contribution in [2.24, 2.45) is 0 Å². The lowest BCUT2D eigenvalue weighted by Gasteiger charge is -2.07. The number of rotatable bonds is 5. The van der Waals surface area contributed by atoms with Crippen LogP contribution in [0.25, 0.3) is 0 Å². The molecule has 0 fully saturated rings. The molecule has 0 spiro atoms. The van der Waals surface area contributed by atoms with Crippen LogP contribution in [0.1, 0.15) is 10.4 Å². The molecule has 1 amide bonds. The highest BCUT2D eigenvalue weighted by atomic mass is 79.9. The van der Waals surface area contributed by atoms with Crippen molar-refractivity contribution in [3.05, 3.63) is 58.6 Å². The summed E-state index contributed by atoms with van der Waals surface area (Å²) in [6.07, 6.45) is 0. The second-order valence-corrected chi connectivity index (χ2v) is 6.08. The number of carboxylic acid groups (broad SMARTS) is 1. The maximum Gasteiger partial charge on any atom is 0.336 e. The van der Waals surface area contributed by atoms with E-state index in [1.165, 1.54) is 17.8 Å². The number of carbonyl (C=O) groups is 2. The highest BCUT2D eigenvalue weighted by molar-refractivity contribution is 9.10. The predicted molar refractivity (Wildman–Crippen MR) is 86.9 cm³/mol. The lowest BCUT2D eigenvalue weighted by molar-refractivity contribution is -0.113. The smallest absolute Gasteiger partial charge is 0.336 e. The molecule has 0 aliphatic heterocycles. The fourth-order valence-corrected chi connectivity index (χ4v) is 2.92. The summed E-state index contributed by atoms with van der Waals surface area (Å²) in [7, 11) is 0. The van der Waals surface area contributed by atoms with Gasteiger partial charge in [-0.25, -0.2) is 4.79 Å². The number of thioether (sulfide) groups is 1. The number of carbonyl (C=O) groups excluding carboxylic acids is 1. The number of halogens is 1. The summed E-state index contributed by atoms with van der Waals surface area (Å²) in [6, 6.07) is 13.9. The average molecular weight is 366 g/mol. The SMILES string of the molecule is O=C(CSc1ccccc1C(=O)O)Nc1cccc(Br)c1. The van der Waals surface area contributed by atoms with Crippen molar-refractivity contribution in [3.63, 3.8) is 0 Å². The van der Waals surface area contributed by atoms with E-state index in [1.54, 1.807) is 30.3 Å². The van der Waals surface area contributed by atoms with Gasteiger partial charge < -0.3 is 10.4 Å². The van der Waals surface area contributed by atoms with E-state index in [9.17, 15) is 9.59 Å². The summed E-state index contributed by atoms with van der Waals surface area (Å²) in [4.78, 5) is 23.5. The Kier molecular flexibility index (Phi) is 5.41. The number of benzene rings is 2. The first kappa shape index (κ1) is 15.6. The van der Waals surface area contributed by atoms with Gasteiger partial charge in [0, 0.05) is 15.1 Å². The van der Waals surface area contributed by atoms with Gasteiger partial charge in [0.15, 0.2) is 0 Å². The van der Waals surface area contributed by atoms with Crippen LogP contribution in [0.3, 0.4) is 0 Å². The molecule has 0 atom stereocenters. The van der Waals surface area contributed by atoms with Gasteiger partial charge in [0.05, 0.1) is 11.3 Å². The van der Waals surface area contributed by atoms with E-state index in [-0.39, 0.29) is 17.2 Å². The summed E-state index contributed by atoms with van der Waals surface area (Å²) >= 11 is 4.53. The van der Waals surface area contributed by atoms with Crippen molar-refractivity contribution in [1.82, 2.24) is 0 Å². The normalized spacial score (nSPS) is 10.1. The first-order valence-electron chi connectivity index (χ1n) is 6.07. The van der Waals surface area contributed by atoms with Gasteiger partial charge in [-0.2, -0.15) is 0 Å². The average Bonchev–Trinajstić information content (AvgIpc) is 2.45. The van der Waals surface area contributed by atoms with Crippen LogP contribution in [0.2, 0.25) is 0 Å². The Balaban J connectivity index is 1.97. The molecule has 0 saturated heterocycles. The van der Waals surface area contributed by atoms with Gasteiger partial charge in [-0.15, -0.1) is 11.8 Å². The van der Waals surface area contributed by atoms with Crippen LogP contribution < -0.4 is 5.32 Å². The van der Waals surface area contributed by atoms with Crippen molar-refractivity contribution in [2.45, 2.75) is 4.90 Å². The predicted octanol–water partition coefficient (Wildman–Crippen LogP) is 3.88. The Morgan fingerprint density at radius 1 is 1.14 bits per heavy atom. The zero-order valence-corrected chi connectivity index (χ0v) is 13.3. The summed E-state index contributed by atoms with van der Waals surface area (Å²) in [5.41, 5.74) is 0.902. The second-order valence-electron chi connectivity index (χ2n) is 4.15. The Hall–Kier alpha value is -1.79. The third-order valence-electron chi connectivity index (χ3n) is 2.58. The molecule has 2 aromatic rings. The van der Waals surface area contributed by atoms with Gasteiger partial charge in [0.25, 0.3) is 0 Å². The second kappa shape index (κ2) is 7.28. The molecule has 0 aliphatic rings. The molecule has 6 heteroatoms. The van der Waals surface area contributed by atoms with Crippen molar-refractivity contribution < 1.29 is 14.7 Å². The molecule has 2 aromatic carbocycles. The Morgan fingerprint density at radius 3 is 2.62 bits per heavy atom. The van der Waals surface area contributed by atoms with E-state index in [4.69, 9.17) is 5.11 Å². The topological polar surface area (TPSA) is 66.4 Å². The first-order chi connectivity index (χ1) is 10.1. The van der Waals surface area contributed by atoms with Gasteiger partial charge in [-0.1, -0.05) is 34.1 Å². The maximum atomic E-state index is 11.9. The molecule has 0 saturated carbocycles. The van der Waals surface area contributed by atoms with Gasteiger partial charge in [0.1, 0.15) is 0 Å². The minimum Gasteiger partial charge on any atom is -0.478 e. The van der Waals surface area contributed by atoms with E-state index in [2.05, 4.69) is 21.2 Å². The summed E-state index contributed by atoms with van der Waals surface area (Å²) < 4.78 is 0.879. The Labute approximate surface area is 134 Å². The van der Waals surface area contributed by atoms with E-state index in [0.717, 1.165) is 4.47 Å². The molecule has 21 heavy (non-hydrogen) atoms. The highest BCUT2D eigenvalue weighted by Crippen LogP contribution is 2.23. The number of nitrogens with one attached hydrogen (secondary N) is 1. The van der Waals surface area contributed by atoms with Gasteiger partial charge in [-0.05, 0) is 30.3 Å². The molecule has 0 heterocycles. The summed E-state index contributed by atoms with van der Waals surface area (Å²) in [6.45, 7) is 0. The molecule has 4 nitrogen and oxygen atoms in total. The number of anilines is 1. The standard InChI is InChI=1S/C15H12BrNO3S/c16-10-4-3-5-11(8-10)17-14(18)9-21-13-7-2-1-6-12(13)15(19)20/h1-8H,9H2,(H,17,18)(H,19,20). The van der Waals surface area contributed by atoms with Crippen LogP contribution in [0.4, 0.5) is 5.69 Å². The monoisotopic (exact) mass is 365 g/mol. The minimum absolute atomic E-state index is 0.150. The number of hydrogen-bond donors (Lipinski definition) is 2. The fraction of sp³-hybridized carbons (Fsp3) is 0.0667. The molecule has 2 N–H and O–H groups in total. The third kappa shape index (κ3) is 4.61. The van der Waals surface area contributed by atoms with Crippen molar-refractivity contribution >= 4 is 45.3 Å². The molecule has 0 bridgehead atoms. The summed E-state index contributed by atoms with van der Waals surface area (Å²) in [5, 5.41) is 11.8. The zero-order chi connectivity index (χ0) is 15.2. The van der Waals surface area contributed by atoms with E-state index in [1.807, 2.05) is 12.1 Å². The van der Waals surface area contributed by atoms with Crippen LogP contribution in [0.5, 0.6) is 0 Å². The number of hydrogen-bond acceptors (Lipinski definition) is 3. The van der Waals surface area contributed by atoms with Gasteiger partial charge in [-0.3, -0.25) is 4.79 Å². The molecule has 0 aromatic heterocycles. The maximum absolute atomic E-state index is 11.9. The lowest BCUT2D eigenvalue weighted by atomic mass is 10.2. The third-order valence-corrected chi connectivity index (χ3v) is 4.15. The van der Waals surface area contributed by atoms with Crippen LogP contribution >= 0.6 is 27.7 Å². The quantitative estimate of drug-likeness (QED) is 0.789. The minimum atomic E-state index is -0.995.